The molecule has 0 bridgehead atoms. The smallest absolute Gasteiger partial charge is 0.328 e. The molecule has 0 amide bonds. The van der Waals surface area contributed by atoms with Crippen LogP contribution in [0.2, 0.25) is 0 Å². The van der Waals surface area contributed by atoms with Gasteiger partial charge in [0.15, 0.2) is 0 Å². The zero-order chi connectivity index (χ0) is 18.7. The van der Waals surface area contributed by atoms with Crippen molar-refractivity contribution in [2.75, 3.05) is 6.54 Å². The van der Waals surface area contributed by atoms with Crippen LogP contribution in [0.25, 0.3) is 21.7 Å². The van der Waals surface area contributed by atoms with Crippen molar-refractivity contribution in [2.45, 2.75) is 13.5 Å². The number of nitrogens with zero attached hydrogens (tertiary/aromatic N) is 2. The normalized spacial score (nSPS) is 13.2. The van der Waals surface area contributed by atoms with Crippen LogP contribution in [-0.2, 0) is 16.1 Å². The van der Waals surface area contributed by atoms with Gasteiger partial charge < -0.3 is 14.8 Å². The van der Waals surface area contributed by atoms with Gasteiger partial charge in [0.25, 0.3) is 0 Å². The van der Waals surface area contributed by atoms with E-state index in [-0.39, 0.29) is 0 Å². The topological polar surface area (TPSA) is 91.9 Å². The standard InChI is InChI=1S/C16H14N2.C4H4O4/c1-11-15-10-13-7-6-12-4-2-3-5-14(12)16(13)18(15)9-8-17-11;5-3(6)1-2-4(7)8/h2-7,10H,8-9H2,1H3;1-2H,(H,5,6)(H,7,8). The fourth-order valence-corrected chi connectivity index (χ4v) is 3.11. The first kappa shape index (κ1) is 17.4. The van der Waals surface area contributed by atoms with Crippen molar-refractivity contribution in [3.8, 4) is 0 Å². The Morgan fingerprint density at radius 3 is 2.38 bits per heavy atom. The van der Waals surface area contributed by atoms with Crippen molar-refractivity contribution in [1.29, 1.82) is 0 Å². The lowest BCUT2D eigenvalue weighted by Gasteiger charge is -2.15. The quantitative estimate of drug-likeness (QED) is 0.694. The average Bonchev–Trinajstić information content (AvgIpc) is 3.01. The van der Waals surface area contributed by atoms with Gasteiger partial charge in [-0.25, -0.2) is 9.59 Å². The van der Waals surface area contributed by atoms with E-state index in [0.717, 1.165) is 18.8 Å². The first-order valence-electron chi connectivity index (χ1n) is 8.13. The number of benzene rings is 2. The van der Waals surface area contributed by atoms with Crippen molar-refractivity contribution in [1.82, 2.24) is 4.57 Å². The summed E-state index contributed by atoms with van der Waals surface area (Å²) >= 11 is 0. The fourth-order valence-electron chi connectivity index (χ4n) is 3.11. The van der Waals surface area contributed by atoms with E-state index < -0.39 is 11.9 Å². The fraction of sp³-hybridized carbons (Fsp3) is 0.150. The van der Waals surface area contributed by atoms with Crippen LogP contribution in [0.5, 0.6) is 0 Å². The molecule has 1 aromatic heterocycles. The number of hydrogen-bond acceptors (Lipinski definition) is 3. The summed E-state index contributed by atoms with van der Waals surface area (Å²) in [7, 11) is 0. The van der Waals surface area contributed by atoms with Crippen molar-refractivity contribution in [3.05, 3.63) is 60.3 Å². The van der Waals surface area contributed by atoms with Crippen molar-refractivity contribution in [3.63, 3.8) is 0 Å². The lowest BCUT2D eigenvalue weighted by Crippen LogP contribution is -2.15. The van der Waals surface area contributed by atoms with Crippen LogP contribution in [0.1, 0.15) is 12.6 Å². The third-order valence-electron chi connectivity index (χ3n) is 4.20. The Labute approximate surface area is 149 Å². The second kappa shape index (κ2) is 7.23. The van der Waals surface area contributed by atoms with Crippen LogP contribution in [-0.4, -0.2) is 39.0 Å². The van der Waals surface area contributed by atoms with Gasteiger partial charge in [0.05, 0.1) is 23.5 Å². The van der Waals surface area contributed by atoms with E-state index in [1.807, 2.05) is 0 Å². The molecular weight excluding hydrogens is 332 g/mol. The molecule has 2 heterocycles. The number of fused-ring (bicyclic) bond motifs is 5. The number of aromatic nitrogens is 1. The second-order valence-electron chi connectivity index (χ2n) is 5.88. The van der Waals surface area contributed by atoms with Gasteiger partial charge in [-0.05, 0) is 18.4 Å². The molecule has 0 aliphatic carbocycles. The summed E-state index contributed by atoms with van der Waals surface area (Å²) in [5.41, 5.74) is 3.78. The summed E-state index contributed by atoms with van der Waals surface area (Å²) in [4.78, 5) is 23.6. The number of rotatable bonds is 2. The molecule has 6 heteroatoms. The molecule has 1 aliphatic heterocycles. The lowest BCUT2D eigenvalue weighted by molar-refractivity contribution is -0.134. The van der Waals surface area contributed by atoms with Crippen LogP contribution < -0.4 is 0 Å². The van der Waals surface area contributed by atoms with E-state index in [0.29, 0.717) is 12.2 Å². The molecule has 6 nitrogen and oxygen atoms in total. The third-order valence-corrected chi connectivity index (χ3v) is 4.20. The first-order chi connectivity index (χ1) is 12.5. The van der Waals surface area contributed by atoms with Crippen LogP contribution >= 0.6 is 0 Å². The molecule has 2 N–H and O–H groups in total. The Morgan fingerprint density at radius 2 is 1.69 bits per heavy atom. The number of aliphatic carboxylic acids is 2. The van der Waals surface area contributed by atoms with Gasteiger partial charge in [0.2, 0.25) is 0 Å². The van der Waals surface area contributed by atoms with E-state index in [9.17, 15) is 9.59 Å². The zero-order valence-corrected chi connectivity index (χ0v) is 14.2. The Hall–Kier alpha value is -3.41. The maximum atomic E-state index is 9.55. The van der Waals surface area contributed by atoms with Crippen LogP contribution in [0, 0.1) is 0 Å². The summed E-state index contributed by atoms with van der Waals surface area (Å²) in [6.45, 7) is 3.99. The molecular formula is C20H18N2O4. The molecule has 0 unspecified atom stereocenters. The molecule has 0 saturated heterocycles. The van der Waals surface area contributed by atoms with Gasteiger partial charge in [-0.2, -0.15) is 0 Å². The molecule has 2 aromatic carbocycles. The number of carbonyl (C=O) groups is 2. The third kappa shape index (κ3) is 3.49. The molecule has 0 fully saturated rings. The molecule has 0 radical (unpaired) electrons. The maximum Gasteiger partial charge on any atom is 0.328 e. The average molecular weight is 350 g/mol. The predicted octanol–water partition coefficient (Wildman–Crippen LogP) is 3.33. The minimum atomic E-state index is -1.26. The SMILES string of the molecule is CC1=NCCn2c1cc1ccc3ccccc3c12.O=C(O)C=CC(=O)O. The van der Waals surface area contributed by atoms with Crippen molar-refractivity contribution < 1.29 is 19.8 Å². The summed E-state index contributed by atoms with van der Waals surface area (Å²) in [5, 5.41) is 19.6. The molecule has 3 aromatic rings. The molecule has 26 heavy (non-hydrogen) atoms. The Kier molecular flexibility index (Phi) is 4.84. The number of hydrogen-bond donors (Lipinski definition) is 2. The Bertz CT molecular complexity index is 1040. The molecule has 0 spiro atoms. The largest absolute Gasteiger partial charge is 0.478 e. The van der Waals surface area contributed by atoms with Crippen molar-refractivity contribution >= 4 is 39.3 Å². The number of carboxylic acid groups (broad SMARTS) is 2. The van der Waals surface area contributed by atoms with Gasteiger partial charge in [-0.3, -0.25) is 4.99 Å². The van der Waals surface area contributed by atoms with E-state index in [1.165, 1.54) is 27.4 Å². The summed E-state index contributed by atoms with van der Waals surface area (Å²) in [5.74, 6) is -2.51. The Morgan fingerprint density at radius 1 is 1.04 bits per heavy atom. The van der Waals surface area contributed by atoms with Gasteiger partial charge in [0.1, 0.15) is 0 Å². The highest BCUT2D eigenvalue weighted by atomic mass is 16.4. The molecule has 132 valence electrons. The predicted molar refractivity (Wildman–Crippen MR) is 101 cm³/mol. The minimum Gasteiger partial charge on any atom is -0.478 e. The van der Waals surface area contributed by atoms with E-state index >= 15 is 0 Å². The maximum absolute atomic E-state index is 9.55. The van der Waals surface area contributed by atoms with E-state index in [4.69, 9.17) is 10.2 Å². The summed E-state index contributed by atoms with van der Waals surface area (Å²) in [6, 6.07) is 15.3. The summed E-state index contributed by atoms with van der Waals surface area (Å²) < 4.78 is 2.42. The van der Waals surface area contributed by atoms with Gasteiger partial charge in [-0.1, -0.05) is 36.4 Å². The highest BCUT2D eigenvalue weighted by molar-refractivity contribution is 6.10. The monoisotopic (exact) mass is 350 g/mol. The number of aliphatic imine (C=N–C) groups is 1. The second-order valence-corrected chi connectivity index (χ2v) is 5.88. The summed E-state index contributed by atoms with van der Waals surface area (Å²) in [6.07, 6.45) is 1.12. The van der Waals surface area contributed by atoms with Gasteiger partial charge >= 0.3 is 11.9 Å². The molecule has 1 aliphatic rings. The first-order valence-corrected chi connectivity index (χ1v) is 8.13. The van der Waals surface area contributed by atoms with Crippen LogP contribution in [0.4, 0.5) is 0 Å². The Balaban J connectivity index is 0.000000211. The van der Waals surface area contributed by atoms with E-state index in [1.54, 1.807) is 0 Å². The highest BCUT2D eigenvalue weighted by Crippen LogP contribution is 2.29. The van der Waals surface area contributed by atoms with Crippen LogP contribution in [0.3, 0.4) is 0 Å². The van der Waals surface area contributed by atoms with Crippen molar-refractivity contribution in [2.24, 2.45) is 4.99 Å². The minimum absolute atomic E-state index is 0.558. The molecule has 0 atom stereocenters. The van der Waals surface area contributed by atoms with Gasteiger partial charge in [0, 0.05) is 29.5 Å². The zero-order valence-electron chi connectivity index (χ0n) is 14.2. The lowest BCUT2D eigenvalue weighted by atomic mass is 10.1. The van der Waals surface area contributed by atoms with Crippen LogP contribution in [0.15, 0.2) is 59.6 Å². The number of carboxylic acids is 2. The molecule has 4 rings (SSSR count). The van der Waals surface area contributed by atoms with E-state index in [2.05, 4.69) is 58.9 Å². The molecule has 0 saturated carbocycles. The highest BCUT2D eigenvalue weighted by Gasteiger charge is 2.15. The van der Waals surface area contributed by atoms with Gasteiger partial charge in [-0.15, -0.1) is 0 Å².